The number of nitrogens with two attached hydrogens (primary N) is 1. The third-order valence-corrected chi connectivity index (χ3v) is 6.32. The zero-order chi connectivity index (χ0) is 25.1. The lowest BCUT2D eigenvalue weighted by Crippen LogP contribution is -2.36. The Kier molecular flexibility index (Phi) is 6.88. The van der Waals surface area contributed by atoms with Crippen LogP contribution in [0.2, 0.25) is 0 Å². The number of phenols is 1. The number of aromatic nitrogens is 2. The molecule has 1 aliphatic carbocycles. The zero-order valence-corrected chi connectivity index (χ0v) is 19.6. The largest absolute Gasteiger partial charge is 0.507 e. The number of rotatable bonds is 8. The Morgan fingerprint density at radius 1 is 1.25 bits per heavy atom. The summed E-state index contributed by atoms with van der Waals surface area (Å²) in [6.45, 7) is 2.90. The first-order valence-electron chi connectivity index (χ1n) is 11.9. The number of halogens is 1. The van der Waals surface area contributed by atoms with E-state index < -0.39 is 11.9 Å². The molecule has 0 amide bonds. The van der Waals surface area contributed by atoms with Crippen LogP contribution in [0, 0.1) is 5.82 Å². The molecule has 2 fully saturated rings. The van der Waals surface area contributed by atoms with Crippen LogP contribution in [0.25, 0.3) is 22.2 Å². The molecule has 1 atom stereocenters. The van der Waals surface area contributed by atoms with Crippen molar-refractivity contribution in [2.75, 3.05) is 31.2 Å². The minimum Gasteiger partial charge on any atom is -0.507 e. The SMILES string of the molecule is NC(C(/C=C\C=O)=N/NC1CC1)c1cc(-c2ncnc3cc(N4CCOCC4)ccc23)c(F)cc1O. The quantitative estimate of drug-likeness (QED) is 0.190. The van der Waals surface area contributed by atoms with Gasteiger partial charge in [-0.1, -0.05) is 0 Å². The number of allylic oxidation sites excluding steroid dienone is 1. The molecule has 1 saturated heterocycles. The Bertz CT molecular complexity index is 1330. The average molecular weight is 491 g/mol. The van der Waals surface area contributed by atoms with Crippen LogP contribution in [-0.2, 0) is 9.53 Å². The van der Waals surface area contributed by atoms with Crippen molar-refractivity contribution in [3.05, 3.63) is 60.2 Å². The summed E-state index contributed by atoms with van der Waals surface area (Å²) in [6, 6.07) is 7.65. The smallest absolute Gasteiger partial charge is 0.142 e. The van der Waals surface area contributed by atoms with Crippen LogP contribution in [0.15, 0.2) is 53.9 Å². The van der Waals surface area contributed by atoms with Crippen LogP contribution in [0.5, 0.6) is 5.75 Å². The van der Waals surface area contributed by atoms with Crippen LogP contribution < -0.4 is 16.1 Å². The van der Waals surface area contributed by atoms with Crippen molar-refractivity contribution in [1.82, 2.24) is 15.4 Å². The van der Waals surface area contributed by atoms with E-state index in [9.17, 15) is 9.90 Å². The highest BCUT2D eigenvalue weighted by Gasteiger charge is 2.24. The molecule has 3 aromatic rings. The third-order valence-electron chi connectivity index (χ3n) is 6.32. The predicted octanol–water partition coefficient (Wildman–Crippen LogP) is 2.84. The minimum atomic E-state index is -0.909. The average Bonchev–Trinajstić information content (AvgIpc) is 3.73. The van der Waals surface area contributed by atoms with Gasteiger partial charge in [0.2, 0.25) is 0 Å². The Balaban J connectivity index is 1.53. The lowest BCUT2D eigenvalue weighted by atomic mass is 9.96. The van der Waals surface area contributed by atoms with Crippen LogP contribution in [0.3, 0.4) is 0 Å². The molecule has 1 aliphatic heterocycles. The van der Waals surface area contributed by atoms with Gasteiger partial charge in [-0.3, -0.25) is 4.79 Å². The maximum atomic E-state index is 15.2. The monoisotopic (exact) mass is 490 g/mol. The Hall–Kier alpha value is -3.89. The van der Waals surface area contributed by atoms with Crippen molar-refractivity contribution in [2.45, 2.75) is 24.9 Å². The fraction of sp³-hybridized carbons (Fsp3) is 0.308. The maximum absolute atomic E-state index is 15.2. The van der Waals surface area contributed by atoms with Crippen LogP contribution in [0.1, 0.15) is 24.4 Å². The molecule has 2 heterocycles. The second-order valence-corrected chi connectivity index (χ2v) is 8.83. The molecular formula is C26H27FN6O3. The van der Waals surface area contributed by atoms with E-state index in [-0.39, 0.29) is 22.9 Å². The highest BCUT2D eigenvalue weighted by Crippen LogP contribution is 2.35. The van der Waals surface area contributed by atoms with Gasteiger partial charge in [-0.15, -0.1) is 0 Å². The summed E-state index contributed by atoms with van der Waals surface area (Å²) < 4.78 is 20.6. The lowest BCUT2D eigenvalue weighted by Gasteiger charge is -2.29. The molecule has 186 valence electrons. The van der Waals surface area contributed by atoms with Crippen LogP contribution >= 0.6 is 0 Å². The van der Waals surface area contributed by atoms with E-state index in [2.05, 4.69) is 25.4 Å². The van der Waals surface area contributed by atoms with Gasteiger partial charge < -0.3 is 25.9 Å². The van der Waals surface area contributed by atoms with Gasteiger partial charge in [-0.05, 0) is 49.3 Å². The second-order valence-electron chi connectivity index (χ2n) is 8.83. The molecule has 4 N–H and O–H groups in total. The number of hydrogen-bond acceptors (Lipinski definition) is 9. The normalized spacial score (nSPS) is 17.5. The predicted molar refractivity (Wildman–Crippen MR) is 135 cm³/mol. The van der Waals surface area contributed by atoms with Gasteiger partial charge in [0.1, 0.15) is 24.2 Å². The molecule has 1 aromatic heterocycles. The summed E-state index contributed by atoms with van der Waals surface area (Å²) in [5.74, 6) is -0.950. The molecule has 2 aliphatic rings. The van der Waals surface area contributed by atoms with E-state index in [4.69, 9.17) is 10.5 Å². The number of phenolic OH excluding ortho intramolecular Hbond substituents is 1. The first kappa shape index (κ1) is 23.8. The summed E-state index contributed by atoms with van der Waals surface area (Å²) >= 11 is 0. The minimum absolute atomic E-state index is 0.179. The molecule has 0 spiro atoms. The van der Waals surface area contributed by atoms with Crippen molar-refractivity contribution >= 4 is 28.6 Å². The Morgan fingerprint density at radius 2 is 2.06 bits per heavy atom. The first-order chi connectivity index (χ1) is 17.5. The summed E-state index contributed by atoms with van der Waals surface area (Å²) in [5, 5.41) is 15.5. The Morgan fingerprint density at radius 3 is 2.81 bits per heavy atom. The summed E-state index contributed by atoms with van der Waals surface area (Å²) in [5.41, 5.74) is 12.3. The van der Waals surface area contributed by atoms with Crippen LogP contribution in [-0.4, -0.2) is 59.4 Å². The number of nitrogens with zero attached hydrogens (tertiary/aromatic N) is 4. The van der Waals surface area contributed by atoms with Crippen LogP contribution in [0.4, 0.5) is 10.1 Å². The molecule has 1 unspecified atom stereocenters. The standard InChI is InChI=1S/C26H27FN6O3/c27-21-14-24(35)20(25(28)22(2-1-9-34)32-31-16-3-4-16)13-19(21)26-18-6-5-17(12-23(18)29-15-30-26)33-7-10-36-11-8-33/h1-2,5-6,9,12-16,25,31,35H,3-4,7-8,10-11,28H2/b2-1-,32-22+. The number of carbonyl (C=O) groups is 1. The van der Waals surface area contributed by atoms with Crippen molar-refractivity contribution in [3.63, 3.8) is 0 Å². The topological polar surface area (TPSA) is 126 Å². The first-order valence-corrected chi connectivity index (χ1v) is 11.9. The van der Waals surface area contributed by atoms with Crippen molar-refractivity contribution in [3.8, 4) is 17.0 Å². The molecule has 0 bridgehead atoms. The molecule has 0 radical (unpaired) electrons. The van der Waals surface area contributed by atoms with Crippen molar-refractivity contribution < 1.29 is 19.0 Å². The number of benzene rings is 2. The second kappa shape index (κ2) is 10.4. The third kappa shape index (κ3) is 5.05. The van der Waals surface area contributed by atoms with Gasteiger partial charge in [0.05, 0.1) is 36.2 Å². The number of nitrogens with one attached hydrogen (secondary N) is 1. The number of fused-ring (bicyclic) bond motifs is 1. The number of morpholine rings is 1. The van der Waals surface area contributed by atoms with Gasteiger partial charge >= 0.3 is 0 Å². The molecule has 10 heteroatoms. The highest BCUT2D eigenvalue weighted by atomic mass is 19.1. The Labute approximate surface area is 207 Å². The van der Waals surface area contributed by atoms with Gasteiger partial charge in [0.25, 0.3) is 0 Å². The van der Waals surface area contributed by atoms with E-state index >= 15 is 4.39 Å². The maximum Gasteiger partial charge on any atom is 0.142 e. The molecule has 2 aromatic carbocycles. The number of anilines is 1. The van der Waals surface area contributed by atoms with E-state index in [0.29, 0.717) is 41.8 Å². The van der Waals surface area contributed by atoms with E-state index in [0.717, 1.165) is 37.7 Å². The van der Waals surface area contributed by atoms with Gasteiger partial charge in [-0.2, -0.15) is 5.10 Å². The van der Waals surface area contributed by atoms with Crippen molar-refractivity contribution in [1.29, 1.82) is 0 Å². The number of aromatic hydroxyl groups is 1. The van der Waals surface area contributed by atoms with Crippen molar-refractivity contribution in [2.24, 2.45) is 10.8 Å². The molecule has 36 heavy (non-hydrogen) atoms. The summed E-state index contributed by atoms with van der Waals surface area (Å²) in [7, 11) is 0. The summed E-state index contributed by atoms with van der Waals surface area (Å²) in [6.07, 6.45) is 6.77. The lowest BCUT2D eigenvalue weighted by molar-refractivity contribution is -0.104. The zero-order valence-electron chi connectivity index (χ0n) is 19.6. The molecule has 9 nitrogen and oxygen atoms in total. The molecular weight excluding hydrogens is 463 g/mol. The fourth-order valence-corrected chi connectivity index (χ4v) is 4.17. The van der Waals surface area contributed by atoms with E-state index in [1.807, 2.05) is 18.2 Å². The van der Waals surface area contributed by atoms with Gasteiger partial charge in [-0.25, -0.2) is 14.4 Å². The fourth-order valence-electron chi connectivity index (χ4n) is 4.17. The summed E-state index contributed by atoms with van der Waals surface area (Å²) in [4.78, 5) is 21.9. The number of aldehydes is 1. The van der Waals surface area contributed by atoms with Gasteiger partial charge in [0, 0.05) is 47.4 Å². The number of ether oxygens (including phenoxy) is 1. The number of carbonyl (C=O) groups excluding carboxylic acids is 1. The van der Waals surface area contributed by atoms with E-state index in [1.165, 1.54) is 24.5 Å². The van der Waals surface area contributed by atoms with E-state index in [1.54, 1.807) is 0 Å². The molecule has 5 rings (SSSR count). The number of hydrogen-bond donors (Lipinski definition) is 3. The molecule has 1 saturated carbocycles. The number of hydrazone groups is 1. The van der Waals surface area contributed by atoms with Gasteiger partial charge in [0.15, 0.2) is 0 Å². The highest BCUT2D eigenvalue weighted by molar-refractivity contribution is 6.02.